The molecule has 0 amide bonds. The van der Waals surface area contributed by atoms with Crippen molar-refractivity contribution >= 4 is 33.9 Å². The van der Waals surface area contributed by atoms with Crippen molar-refractivity contribution in [3.8, 4) is 0 Å². The first-order valence-electron chi connectivity index (χ1n) is 7.70. The molecule has 2 aromatic heterocycles. The van der Waals surface area contributed by atoms with Crippen LogP contribution >= 0.6 is 22.6 Å². The standard InChI is InChI=1S/C15H19FIN5/c1-11-18-14-5-4-13(8-22(14)19-11)20-6-2-3-12(7-20)21-9-15(16,17)10-21/h4-5,8,12H,2-3,6-7,9-10H2,1H3. The number of anilines is 1. The van der Waals surface area contributed by atoms with Crippen molar-refractivity contribution in [3.05, 3.63) is 24.2 Å². The number of hydrogen-bond donors (Lipinski definition) is 0. The molecule has 2 aliphatic rings. The molecule has 0 radical (unpaired) electrons. The summed E-state index contributed by atoms with van der Waals surface area (Å²) in [7, 11) is 0. The van der Waals surface area contributed by atoms with Gasteiger partial charge in [-0.15, -0.1) is 0 Å². The van der Waals surface area contributed by atoms with Gasteiger partial charge in [0, 0.05) is 32.2 Å². The monoisotopic (exact) mass is 415 g/mol. The fourth-order valence-corrected chi connectivity index (χ4v) is 4.34. The van der Waals surface area contributed by atoms with Crippen molar-refractivity contribution in [2.24, 2.45) is 0 Å². The van der Waals surface area contributed by atoms with E-state index < -0.39 is 3.68 Å². The molecule has 2 saturated heterocycles. The summed E-state index contributed by atoms with van der Waals surface area (Å²) in [5.41, 5.74) is 2.05. The second kappa shape index (κ2) is 5.30. The van der Waals surface area contributed by atoms with Gasteiger partial charge in [0.2, 0.25) is 0 Å². The molecule has 22 heavy (non-hydrogen) atoms. The number of likely N-dealkylation sites (tertiary alicyclic amines) is 1. The molecule has 2 aliphatic heterocycles. The second-order valence-corrected chi connectivity index (χ2v) is 8.29. The van der Waals surface area contributed by atoms with Crippen LogP contribution in [0.25, 0.3) is 5.65 Å². The molecular formula is C15H19FIN5. The fraction of sp³-hybridized carbons (Fsp3) is 0.600. The minimum Gasteiger partial charge on any atom is -0.369 e. The first-order valence-corrected chi connectivity index (χ1v) is 8.78. The summed E-state index contributed by atoms with van der Waals surface area (Å²) >= 11 is 1.93. The Hall–Kier alpha value is -0.960. The maximum absolute atomic E-state index is 13.7. The lowest BCUT2D eigenvalue weighted by Gasteiger charge is -2.48. The van der Waals surface area contributed by atoms with Crippen LogP contribution < -0.4 is 4.90 Å². The van der Waals surface area contributed by atoms with Gasteiger partial charge in [-0.25, -0.2) is 13.9 Å². The summed E-state index contributed by atoms with van der Waals surface area (Å²) in [5, 5.41) is 4.39. The molecule has 4 rings (SSSR count). The Bertz CT molecular complexity index is 692. The number of aryl methyl sites for hydroxylation is 1. The highest BCUT2D eigenvalue weighted by Gasteiger charge is 2.44. The second-order valence-electron chi connectivity index (χ2n) is 6.35. The van der Waals surface area contributed by atoms with E-state index in [2.05, 4.69) is 25.9 Å². The SMILES string of the molecule is Cc1nc2ccc(N3CCCC(N4CC(F)(I)C4)C3)cn2n1. The van der Waals surface area contributed by atoms with Gasteiger partial charge in [-0.05, 0) is 54.5 Å². The first kappa shape index (κ1) is 14.6. The quantitative estimate of drug-likeness (QED) is 0.558. The predicted octanol–water partition coefficient (Wildman–Crippen LogP) is 2.42. The molecular weight excluding hydrogens is 396 g/mol. The molecule has 118 valence electrons. The summed E-state index contributed by atoms with van der Waals surface area (Å²) < 4.78 is 14.5. The summed E-state index contributed by atoms with van der Waals surface area (Å²) in [6.07, 6.45) is 4.36. The Labute approximate surface area is 142 Å². The third-order valence-electron chi connectivity index (χ3n) is 4.57. The number of hydrogen-bond acceptors (Lipinski definition) is 4. The Balaban J connectivity index is 1.51. The average Bonchev–Trinajstić information content (AvgIpc) is 2.84. The zero-order chi connectivity index (χ0) is 15.3. The van der Waals surface area contributed by atoms with Crippen molar-refractivity contribution < 1.29 is 4.39 Å². The lowest BCUT2D eigenvalue weighted by molar-refractivity contribution is 0.0114. The fourth-order valence-electron chi connectivity index (χ4n) is 3.46. The molecule has 0 aliphatic carbocycles. The van der Waals surface area contributed by atoms with Gasteiger partial charge in [0.05, 0.1) is 11.9 Å². The van der Waals surface area contributed by atoms with E-state index in [0.29, 0.717) is 19.1 Å². The van der Waals surface area contributed by atoms with E-state index in [1.807, 2.05) is 46.3 Å². The number of pyridine rings is 1. The van der Waals surface area contributed by atoms with Gasteiger partial charge >= 0.3 is 0 Å². The molecule has 1 unspecified atom stereocenters. The highest BCUT2D eigenvalue weighted by atomic mass is 127. The summed E-state index contributed by atoms with van der Waals surface area (Å²) in [5.74, 6) is 0.788. The van der Waals surface area contributed by atoms with Crippen molar-refractivity contribution in [2.75, 3.05) is 31.1 Å². The number of nitrogens with zero attached hydrogens (tertiary/aromatic N) is 5. The Kier molecular flexibility index (Phi) is 3.52. The average molecular weight is 415 g/mol. The van der Waals surface area contributed by atoms with Crippen LogP contribution in [0.3, 0.4) is 0 Å². The molecule has 0 saturated carbocycles. The topological polar surface area (TPSA) is 36.7 Å². The van der Waals surface area contributed by atoms with Crippen LogP contribution in [0.4, 0.5) is 10.1 Å². The van der Waals surface area contributed by atoms with Gasteiger partial charge in [0.25, 0.3) is 0 Å². The van der Waals surface area contributed by atoms with E-state index >= 15 is 0 Å². The van der Waals surface area contributed by atoms with Gasteiger partial charge in [0.15, 0.2) is 9.32 Å². The number of halogens is 2. The molecule has 2 aromatic rings. The minimum atomic E-state index is -1.02. The van der Waals surface area contributed by atoms with E-state index in [1.165, 1.54) is 5.69 Å². The Morgan fingerprint density at radius 1 is 1.36 bits per heavy atom. The van der Waals surface area contributed by atoms with Gasteiger partial charge in [0.1, 0.15) is 5.82 Å². The van der Waals surface area contributed by atoms with Crippen molar-refractivity contribution in [1.82, 2.24) is 19.5 Å². The van der Waals surface area contributed by atoms with Crippen LogP contribution in [0, 0.1) is 6.92 Å². The molecule has 7 heteroatoms. The van der Waals surface area contributed by atoms with Crippen LogP contribution in [0.2, 0.25) is 0 Å². The third kappa shape index (κ3) is 2.68. The maximum Gasteiger partial charge on any atom is 0.186 e. The van der Waals surface area contributed by atoms with Crippen molar-refractivity contribution in [1.29, 1.82) is 0 Å². The first-order chi connectivity index (χ1) is 10.5. The Morgan fingerprint density at radius 2 is 2.18 bits per heavy atom. The predicted molar refractivity (Wildman–Crippen MR) is 92.4 cm³/mol. The van der Waals surface area contributed by atoms with Crippen LogP contribution in [-0.2, 0) is 0 Å². The van der Waals surface area contributed by atoms with E-state index in [-0.39, 0.29) is 0 Å². The van der Waals surface area contributed by atoms with Gasteiger partial charge in [-0.3, -0.25) is 4.90 Å². The van der Waals surface area contributed by atoms with E-state index in [0.717, 1.165) is 37.4 Å². The summed E-state index contributed by atoms with van der Waals surface area (Å²) in [6.45, 7) is 5.04. The molecule has 1 atom stereocenters. The zero-order valence-corrected chi connectivity index (χ0v) is 14.7. The zero-order valence-electron chi connectivity index (χ0n) is 12.5. The van der Waals surface area contributed by atoms with Gasteiger partial charge < -0.3 is 4.90 Å². The molecule has 0 aromatic carbocycles. The third-order valence-corrected chi connectivity index (χ3v) is 5.25. The van der Waals surface area contributed by atoms with Crippen molar-refractivity contribution in [3.63, 3.8) is 0 Å². The molecule has 2 fully saturated rings. The lowest BCUT2D eigenvalue weighted by Crippen LogP contribution is -2.62. The number of alkyl halides is 2. The smallest absolute Gasteiger partial charge is 0.186 e. The molecule has 0 bridgehead atoms. The largest absolute Gasteiger partial charge is 0.369 e. The molecule has 0 spiro atoms. The summed E-state index contributed by atoms with van der Waals surface area (Å²) in [6, 6.07) is 4.58. The highest BCUT2D eigenvalue weighted by molar-refractivity contribution is 14.1. The van der Waals surface area contributed by atoms with Crippen LogP contribution in [0.15, 0.2) is 18.3 Å². The van der Waals surface area contributed by atoms with Gasteiger partial charge in [-0.2, -0.15) is 5.10 Å². The molecule has 5 nitrogen and oxygen atoms in total. The minimum absolute atomic E-state index is 0.459. The molecule has 4 heterocycles. The number of fused-ring (bicyclic) bond motifs is 1. The number of aromatic nitrogens is 3. The number of rotatable bonds is 2. The number of piperidine rings is 1. The lowest BCUT2D eigenvalue weighted by atomic mass is 9.99. The van der Waals surface area contributed by atoms with E-state index in [9.17, 15) is 4.39 Å². The highest BCUT2D eigenvalue weighted by Crippen LogP contribution is 2.36. The van der Waals surface area contributed by atoms with Gasteiger partial charge in [-0.1, -0.05) is 0 Å². The van der Waals surface area contributed by atoms with Crippen molar-refractivity contribution in [2.45, 2.75) is 29.5 Å². The molecule has 0 N–H and O–H groups in total. The maximum atomic E-state index is 13.7. The van der Waals surface area contributed by atoms with E-state index in [1.54, 1.807) is 0 Å². The van der Waals surface area contributed by atoms with Crippen LogP contribution in [0.5, 0.6) is 0 Å². The van der Waals surface area contributed by atoms with Crippen LogP contribution in [-0.4, -0.2) is 55.4 Å². The normalized spacial score (nSPS) is 25.4. The Morgan fingerprint density at radius 3 is 2.95 bits per heavy atom. The van der Waals surface area contributed by atoms with Crippen LogP contribution in [0.1, 0.15) is 18.7 Å². The summed E-state index contributed by atoms with van der Waals surface area (Å²) in [4.78, 5) is 9.02. The van der Waals surface area contributed by atoms with E-state index in [4.69, 9.17) is 0 Å².